The molecule has 35 heavy (non-hydrogen) atoms. The van der Waals surface area contributed by atoms with Crippen molar-refractivity contribution in [2.24, 2.45) is 5.92 Å². The van der Waals surface area contributed by atoms with Gasteiger partial charge in [-0.25, -0.2) is 0 Å². The zero-order valence-corrected chi connectivity index (χ0v) is 27.1. The Labute approximate surface area is 229 Å². The third-order valence-corrected chi connectivity index (χ3v) is 10.8. The molecule has 4 heteroatoms. The van der Waals surface area contributed by atoms with Gasteiger partial charge in [0.05, 0.1) is 0 Å². The van der Waals surface area contributed by atoms with Crippen LogP contribution in [0.3, 0.4) is 0 Å². The molecule has 1 atom stereocenters. The molecule has 5 rings (SSSR count). The topological polar surface area (TPSA) is 24.1 Å². The second-order valence-corrected chi connectivity index (χ2v) is 13.9. The third kappa shape index (κ3) is 5.36. The minimum atomic E-state index is -0.490. The number of allylic oxidation sites excluding steroid dienone is 8. The van der Waals surface area contributed by atoms with Crippen LogP contribution < -0.4 is 10.6 Å². The molecule has 1 unspecified atom stereocenters. The predicted octanol–water partition coefficient (Wildman–Crippen LogP) is 6.24. The second kappa shape index (κ2) is 12.5. The molecule has 0 saturated carbocycles. The van der Waals surface area contributed by atoms with Gasteiger partial charge in [0.15, 0.2) is 0 Å². The van der Waals surface area contributed by atoms with Gasteiger partial charge >= 0.3 is 191 Å². The van der Waals surface area contributed by atoms with E-state index in [4.69, 9.17) is 0 Å². The summed E-state index contributed by atoms with van der Waals surface area (Å²) in [5, 5.41) is 7.15. The second-order valence-electron chi connectivity index (χ2n) is 9.55. The summed E-state index contributed by atoms with van der Waals surface area (Å²) in [7, 11) is 7.01. The van der Waals surface area contributed by atoms with Gasteiger partial charge in [-0.2, -0.15) is 0 Å². The Morgan fingerprint density at radius 1 is 0.800 bits per heavy atom. The maximum atomic E-state index is 2.75. The monoisotopic (exact) mass is 647 g/mol. The first kappa shape index (κ1) is 27.9. The Kier molecular flexibility index (Phi) is 9.94. The summed E-state index contributed by atoms with van der Waals surface area (Å²) in [4.78, 5) is 0. The van der Waals surface area contributed by atoms with Crippen molar-refractivity contribution in [3.05, 3.63) is 104 Å². The molecule has 0 fully saturated rings. The van der Waals surface area contributed by atoms with Gasteiger partial charge in [-0.05, 0) is 28.2 Å². The molecule has 0 bridgehead atoms. The smallest absolute Gasteiger partial charge is 0.0167 e. The van der Waals surface area contributed by atoms with E-state index in [1.807, 2.05) is 28.2 Å². The van der Waals surface area contributed by atoms with Crippen molar-refractivity contribution in [3.8, 4) is 11.1 Å². The Morgan fingerprint density at radius 2 is 1.29 bits per heavy atom. The zero-order chi connectivity index (χ0) is 25.7. The van der Waals surface area contributed by atoms with Crippen LogP contribution in [0.25, 0.3) is 11.1 Å². The number of rotatable bonds is 1. The average molecular weight is 646 g/mol. The fourth-order valence-corrected chi connectivity index (χ4v) is 8.15. The Bertz CT molecular complexity index is 1190. The molecule has 2 nitrogen and oxygen atoms in total. The Morgan fingerprint density at radius 3 is 1.77 bits per heavy atom. The Balaban J connectivity index is 0.000000520. The van der Waals surface area contributed by atoms with Gasteiger partial charge in [-0.1, -0.05) is 0 Å². The van der Waals surface area contributed by atoms with Crippen LogP contribution in [-0.2, 0) is 24.4 Å². The van der Waals surface area contributed by atoms with Crippen LogP contribution >= 0.6 is 0 Å². The maximum absolute atomic E-state index is 2.75. The molecule has 2 aromatic rings. The van der Waals surface area contributed by atoms with Crippen LogP contribution in [0.15, 0.2) is 92.4 Å². The largest absolute Gasteiger partial charge is 0.323 e. The van der Waals surface area contributed by atoms with Gasteiger partial charge in [-0.3, -0.25) is 0 Å². The van der Waals surface area contributed by atoms with Gasteiger partial charge in [0.2, 0.25) is 0 Å². The van der Waals surface area contributed by atoms with E-state index in [-0.39, 0.29) is 0 Å². The number of fused-ring (bicyclic) bond motifs is 4. The number of hydrogen-bond donors (Lipinski definition) is 2. The first-order valence-corrected chi connectivity index (χ1v) is 16.7. The van der Waals surface area contributed by atoms with E-state index in [1.54, 1.807) is 19.6 Å². The van der Waals surface area contributed by atoms with Crippen molar-refractivity contribution in [1.82, 2.24) is 10.6 Å². The average Bonchev–Trinajstić information content (AvgIpc) is 3.21. The van der Waals surface area contributed by atoms with Crippen molar-refractivity contribution in [3.63, 3.8) is 0 Å². The molecule has 2 aromatic carbocycles. The molecule has 0 radical (unpaired) electrons. The van der Waals surface area contributed by atoms with Crippen LogP contribution in [-0.4, -0.2) is 41.8 Å². The van der Waals surface area contributed by atoms with E-state index >= 15 is 0 Å². The van der Waals surface area contributed by atoms with Crippen molar-refractivity contribution >= 4 is 13.6 Å². The molecule has 0 amide bonds. The van der Waals surface area contributed by atoms with Crippen molar-refractivity contribution in [1.29, 1.82) is 0 Å². The van der Waals surface area contributed by atoms with E-state index < -0.39 is 8.41 Å². The van der Waals surface area contributed by atoms with Gasteiger partial charge in [0.25, 0.3) is 0 Å². The quantitative estimate of drug-likeness (QED) is 0.359. The van der Waals surface area contributed by atoms with E-state index in [1.165, 1.54) is 33.4 Å². The molecule has 3 aliphatic rings. The van der Waals surface area contributed by atoms with Crippen LogP contribution in [0.4, 0.5) is 0 Å². The van der Waals surface area contributed by atoms with Crippen molar-refractivity contribution < 1.29 is 24.4 Å². The zero-order valence-electron chi connectivity index (χ0n) is 22.5. The SMILES string of the molecule is CC1=[C]([Hf])C2=CC=CC(=[Si](C)C)C(C)C2=C1C1c2ccccc2-c2ccccc21.CNC.CNC. The summed E-state index contributed by atoms with van der Waals surface area (Å²) < 4.78 is 1.59. The molecule has 0 heterocycles. The van der Waals surface area contributed by atoms with E-state index in [0.717, 1.165) is 24.4 Å². The van der Waals surface area contributed by atoms with Crippen LogP contribution in [0.5, 0.6) is 0 Å². The molecular weight excluding hydrogens is 607 g/mol. The summed E-state index contributed by atoms with van der Waals surface area (Å²) in [6.45, 7) is 9.70. The van der Waals surface area contributed by atoms with E-state index in [9.17, 15) is 0 Å². The fraction of sp³-hybridized carbons (Fsp3) is 0.323. The van der Waals surface area contributed by atoms with Crippen molar-refractivity contribution in [2.75, 3.05) is 28.2 Å². The van der Waals surface area contributed by atoms with E-state index in [0.29, 0.717) is 11.8 Å². The van der Waals surface area contributed by atoms with Gasteiger partial charge in [0.1, 0.15) is 0 Å². The predicted molar refractivity (Wildman–Crippen MR) is 152 cm³/mol. The molecule has 0 saturated heterocycles. The molecule has 2 N–H and O–H groups in total. The Hall–Kier alpha value is -1.72. The van der Waals surface area contributed by atoms with Gasteiger partial charge < -0.3 is 10.6 Å². The molecule has 0 spiro atoms. The molecule has 3 aliphatic carbocycles. The molecule has 181 valence electrons. The summed E-state index contributed by atoms with van der Waals surface area (Å²) in [5.41, 5.74) is 12.1. The molecule has 0 aromatic heterocycles. The normalized spacial score (nSPS) is 18.0. The summed E-state index contributed by atoms with van der Waals surface area (Å²) in [6, 6.07) is 18.1. The summed E-state index contributed by atoms with van der Waals surface area (Å²) in [6.07, 6.45) is 7.13. The maximum Gasteiger partial charge on any atom is -0.0167 e. The molecular formula is C31H39HfN2Si. The summed E-state index contributed by atoms with van der Waals surface area (Å²) in [5.74, 6) is 0.860. The van der Waals surface area contributed by atoms with Crippen LogP contribution in [0, 0.1) is 5.92 Å². The van der Waals surface area contributed by atoms with Crippen LogP contribution in [0.1, 0.15) is 30.9 Å². The fourth-order valence-electron chi connectivity index (χ4n) is 5.44. The minimum absolute atomic E-state index is 0.360. The first-order valence-electron chi connectivity index (χ1n) is 12.4. The number of benzene rings is 2. The standard InChI is InChI=1S/C27H25Si.2C2H7N.Hf/c1-17-16-19-10-9-15-24(28(3)4)18(2)26(19)25(17)27-22-13-7-5-11-20(22)21-12-6-8-14-23(21)27;2*1-3-2;/h5-15,18,27H,1-4H3;2*3H,1-2H3;. The molecule has 0 aliphatic heterocycles. The first-order chi connectivity index (χ1) is 16.8. The van der Waals surface area contributed by atoms with E-state index in [2.05, 4.69) is 104 Å². The number of nitrogens with one attached hydrogen (secondary N) is 2. The minimum Gasteiger partial charge on any atom is -0.323 e. The summed E-state index contributed by atoms with van der Waals surface area (Å²) >= 11 is 1.09. The van der Waals surface area contributed by atoms with Gasteiger partial charge in [-0.15, -0.1) is 0 Å². The number of hydrogen-bond acceptors (Lipinski definition) is 2. The van der Waals surface area contributed by atoms with Gasteiger partial charge in [0, 0.05) is 0 Å². The van der Waals surface area contributed by atoms with Crippen molar-refractivity contribution in [2.45, 2.75) is 32.9 Å². The van der Waals surface area contributed by atoms with Crippen LogP contribution in [0.2, 0.25) is 13.1 Å². The third-order valence-electron chi connectivity index (χ3n) is 6.77.